The maximum Gasteiger partial charge on any atom is 0.0472 e. The third-order valence-corrected chi connectivity index (χ3v) is 3.40. The number of benzene rings is 1. The number of aromatic amines is 1. The molecule has 0 aliphatic carbocycles. The Balaban J connectivity index is 2.10. The number of H-pyrrole nitrogens is 1. The quantitative estimate of drug-likeness (QED) is 0.788. The van der Waals surface area contributed by atoms with Crippen LogP contribution < -0.4 is 5.32 Å². The van der Waals surface area contributed by atoms with E-state index in [-0.39, 0.29) is 0 Å². The van der Waals surface area contributed by atoms with Gasteiger partial charge in [0.15, 0.2) is 0 Å². The molecular formula is C15H17ClN2. The second-order valence-corrected chi connectivity index (χ2v) is 4.83. The average molecular weight is 261 g/mol. The third-order valence-electron chi connectivity index (χ3n) is 3.17. The number of rotatable bonds is 5. The second-order valence-electron chi connectivity index (χ2n) is 4.40. The highest BCUT2D eigenvalue weighted by Crippen LogP contribution is 2.22. The molecule has 2 rings (SSSR count). The summed E-state index contributed by atoms with van der Waals surface area (Å²) in [6.07, 6.45) is 9.18. The van der Waals surface area contributed by atoms with E-state index in [0.29, 0.717) is 6.04 Å². The predicted octanol–water partition coefficient (Wildman–Crippen LogP) is 3.71. The van der Waals surface area contributed by atoms with Gasteiger partial charge in [0.1, 0.15) is 0 Å². The van der Waals surface area contributed by atoms with Gasteiger partial charge in [0.2, 0.25) is 0 Å². The summed E-state index contributed by atoms with van der Waals surface area (Å²) in [5.74, 6) is 2.71. The second kappa shape index (κ2) is 5.95. The number of hydrogen-bond acceptors (Lipinski definition) is 1. The van der Waals surface area contributed by atoms with Crippen molar-refractivity contribution in [3.8, 4) is 12.3 Å². The van der Waals surface area contributed by atoms with Gasteiger partial charge in [-0.2, -0.15) is 0 Å². The lowest BCUT2D eigenvalue weighted by atomic mass is 10.1. The summed E-state index contributed by atoms with van der Waals surface area (Å²) in [7, 11) is 0. The molecule has 0 amide bonds. The Morgan fingerprint density at radius 1 is 1.50 bits per heavy atom. The highest BCUT2D eigenvalue weighted by molar-refractivity contribution is 6.31. The van der Waals surface area contributed by atoms with Gasteiger partial charge in [-0.05, 0) is 24.1 Å². The SMILES string of the molecule is C#CCC(CC)NCc1c[nH]c2cc(Cl)ccc12. The van der Waals surface area contributed by atoms with Crippen molar-refractivity contribution in [1.82, 2.24) is 10.3 Å². The summed E-state index contributed by atoms with van der Waals surface area (Å²) in [4.78, 5) is 3.24. The van der Waals surface area contributed by atoms with Gasteiger partial charge >= 0.3 is 0 Å². The van der Waals surface area contributed by atoms with Gasteiger partial charge in [-0.1, -0.05) is 24.6 Å². The van der Waals surface area contributed by atoms with Crippen LogP contribution in [0.5, 0.6) is 0 Å². The Labute approximate surface area is 113 Å². The minimum Gasteiger partial charge on any atom is -0.361 e. The first kappa shape index (κ1) is 13.0. The monoisotopic (exact) mass is 260 g/mol. The van der Waals surface area contributed by atoms with Crippen LogP contribution in [0.25, 0.3) is 10.9 Å². The van der Waals surface area contributed by atoms with Crippen LogP contribution in [0.15, 0.2) is 24.4 Å². The molecule has 0 bridgehead atoms. The molecule has 2 nitrogen and oxygen atoms in total. The van der Waals surface area contributed by atoms with Gasteiger partial charge in [-0.15, -0.1) is 12.3 Å². The zero-order valence-corrected chi connectivity index (χ0v) is 11.2. The topological polar surface area (TPSA) is 27.8 Å². The van der Waals surface area contributed by atoms with Crippen molar-refractivity contribution in [1.29, 1.82) is 0 Å². The molecule has 1 unspecified atom stereocenters. The lowest BCUT2D eigenvalue weighted by Crippen LogP contribution is -2.27. The molecule has 0 saturated carbocycles. The van der Waals surface area contributed by atoms with Crippen LogP contribution in [-0.4, -0.2) is 11.0 Å². The molecule has 0 fully saturated rings. The van der Waals surface area contributed by atoms with Crippen molar-refractivity contribution < 1.29 is 0 Å². The first-order valence-corrected chi connectivity index (χ1v) is 6.54. The van der Waals surface area contributed by atoms with Gasteiger partial charge in [0.05, 0.1) is 0 Å². The molecule has 2 aromatic rings. The smallest absolute Gasteiger partial charge is 0.0472 e. The molecule has 18 heavy (non-hydrogen) atoms. The normalized spacial score (nSPS) is 12.5. The maximum absolute atomic E-state index is 5.96. The molecule has 0 aliphatic rings. The molecule has 0 radical (unpaired) electrons. The Morgan fingerprint density at radius 2 is 2.33 bits per heavy atom. The molecular weight excluding hydrogens is 244 g/mol. The summed E-state index contributed by atoms with van der Waals surface area (Å²) in [5, 5.41) is 5.45. The lowest BCUT2D eigenvalue weighted by Gasteiger charge is -2.13. The molecule has 3 heteroatoms. The molecule has 1 aromatic carbocycles. The Kier molecular flexibility index (Phi) is 4.30. The van der Waals surface area contributed by atoms with Crippen molar-refractivity contribution in [2.75, 3.05) is 0 Å². The minimum absolute atomic E-state index is 0.382. The number of terminal acetylenes is 1. The van der Waals surface area contributed by atoms with E-state index in [1.165, 1.54) is 10.9 Å². The standard InChI is InChI=1S/C15H17ClN2/c1-3-5-13(4-2)17-9-11-10-18-15-8-12(16)6-7-14(11)15/h1,6-8,10,13,17-18H,4-5,9H2,2H3. The highest BCUT2D eigenvalue weighted by Gasteiger charge is 2.07. The van der Waals surface area contributed by atoms with Crippen molar-refractivity contribution in [3.63, 3.8) is 0 Å². The summed E-state index contributed by atoms with van der Waals surface area (Å²) in [6, 6.07) is 6.29. The predicted molar refractivity (Wildman–Crippen MR) is 77.7 cm³/mol. The molecule has 0 aliphatic heterocycles. The fourth-order valence-electron chi connectivity index (χ4n) is 2.06. The molecule has 0 saturated heterocycles. The summed E-state index contributed by atoms with van der Waals surface area (Å²) < 4.78 is 0. The number of nitrogens with one attached hydrogen (secondary N) is 2. The zero-order chi connectivity index (χ0) is 13.0. The summed E-state index contributed by atoms with van der Waals surface area (Å²) in [5.41, 5.74) is 2.32. The Morgan fingerprint density at radius 3 is 3.06 bits per heavy atom. The van der Waals surface area contributed by atoms with Gasteiger partial charge < -0.3 is 10.3 Å². The van der Waals surface area contributed by atoms with E-state index in [9.17, 15) is 0 Å². The molecule has 2 N–H and O–H groups in total. The van der Waals surface area contributed by atoms with E-state index in [2.05, 4.69) is 23.1 Å². The summed E-state index contributed by atoms with van der Waals surface area (Å²) >= 11 is 5.96. The lowest BCUT2D eigenvalue weighted by molar-refractivity contribution is 0.508. The third kappa shape index (κ3) is 2.87. The van der Waals surface area contributed by atoms with Gasteiger partial charge in [-0.3, -0.25) is 0 Å². The number of fused-ring (bicyclic) bond motifs is 1. The largest absolute Gasteiger partial charge is 0.361 e. The fraction of sp³-hybridized carbons (Fsp3) is 0.333. The van der Waals surface area contributed by atoms with Gasteiger partial charge in [0, 0.05) is 41.1 Å². The van der Waals surface area contributed by atoms with E-state index < -0.39 is 0 Å². The zero-order valence-electron chi connectivity index (χ0n) is 10.5. The van der Waals surface area contributed by atoms with E-state index in [4.69, 9.17) is 18.0 Å². The Bertz CT molecular complexity index is 565. The highest BCUT2D eigenvalue weighted by atomic mass is 35.5. The van der Waals surface area contributed by atoms with Crippen LogP contribution in [0.3, 0.4) is 0 Å². The van der Waals surface area contributed by atoms with Crippen LogP contribution in [0.2, 0.25) is 5.02 Å². The van der Waals surface area contributed by atoms with Crippen molar-refractivity contribution >= 4 is 22.5 Å². The Hall–Kier alpha value is -1.43. The van der Waals surface area contributed by atoms with Crippen LogP contribution in [0.4, 0.5) is 0 Å². The minimum atomic E-state index is 0.382. The number of halogens is 1. The summed E-state index contributed by atoms with van der Waals surface area (Å²) in [6.45, 7) is 2.96. The number of aromatic nitrogens is 1. The van der Waals surface area contributed by atoms with E-state index in [1.807, 2.05) is 24.4 Å². The van der Waals surface area contributed by atoms with Crippen molar-refractivity contribution in [2.24, 2.45) is 0 Å². The molecule has 0 spiro atoms. The molecule has 1 heterocycles. The van der Waals surface area contributed by atoms with Crippen LogP contribution in [0, 0.1) is 12.3 Å². The van der Waals surface area contributed by atoms with Gasteiger partial charge in [-0.25, -0.2) is 0 Å². The molecule has 1 atom stereocenters. The van der Waals surface area contributed by atoms with Crippen LogP contribution in [-0.2, 0) is 6.54 Å². The van der Waals surface area contributed by atoms with E-state index >= 15 is 0 Å². The van der Waals surface area contributed by atoms with Crippen LogP contribution >= 0.6 is 11.6 Å². The number of hydrogen-bond donors (Lipinski definition) is 2. The first-order chi connectivity index (χ1) is 8.74. The van der Waals surface area contributed by atoms with Gasteiger partial charge in [0.25, 0.3) is 0 Å². The van der Waals surface area contributed by atoms with E-state index in [1.54, 1.807) is 0 Å². The van der Waals surface area contributed by atoms with Crippen LogP contribution in [0.1, 0.15) is 25.3 Å². The maximum atomic E-state index is 5.96. The molecule has 1 aromatic heterocycles. The van der Waals surface area contributed by atoms with E-state index in [0.717, 1.165) is 29.9 Å². The fourth-order valence-corrected chi connectivity index (χ4v) is 2.23. The first-order valence-electron chi connectivity index (χ1n) is 6.17. The van der Waals surface area contributed by atoms with Crippen molar-refractivity contribution in [3.05, 3.63) is 35.0 Å². The molecule has 94 valence electrons. The van der Waals surface area contributed by atoms with Crippen molar-refractivity contribution in [2.45, 2.75) is 32.4 Å². The average Bonchev–Trinajstić information content (AvgIpc) is 2.76.